The molecule has 112 valence electrons. The number of aliphatic hydroxyl groups is 1. The van der Waals surface area contributed by atoms with Crippen molar-refractivity contribution >= 4 is 10.0 Å². The van der Waals surface area contributed by atoms with Gasteiger partial charge in [-0.15, -0.1) is 0 Å². The Morgan fingerprint density at radius 2 is 2.10 bits per heavy atom. The van der Waals surface area contributed by atoms with Crippen LogP contribution in [0.1, 0.15) is 51.2 Å². The minimum atomic E-state index is -3.50. The van der Waals surface area contributed by atoms with Gasteiger partial charge in [0.1, 0.15) is 0 Å². The average Bonchev–Trinajstić information content (AvgIpc) is 2.38. The predicted molar refractivity (Wildman–Crippen MR) is 78.8 cm³/mol. The SMILES string of the molecule is CCC1(CNS(=O)(=O)c2cccc(C(C)O)c2)CCC1. The molecule has 0 bridgehead atoms. The second kappa shape index (κ2) is 5.84. The topological polar surface area (TPSA) is 66.4 Å². The first-order chi connectivity index (χ1) is 9.38. The van der Waals surface area contributed by atoms with Gasteiger partial charge in [0, 0.05) is 6.54 Å². The summed E-state index contributed by atoms with van der Waals surface area (Å²) in [6.45, 7) is 4.24. The summed E-state index contributed by atoms with van der Waals surface area (Å²) in [5.41, 5.74) is 0.760. The second-order valence-corrected chi connectivity index (χ2v) is 7.55. The van der Waals surface area contributed by atoms with Crippen LogP contribution >= 0.6 is 0 Å². The van der Waals surface area contributed by atoms with Gasteiger partial charge < -0.3 is 5.11 Å². The number of sulfonamides is 1. The molecular weight excluding hydrogens is 274 g/mol. The molecule has 0 saturated heterocycles. The second-order valence-electron chi connectivity index (χ2n) is 5.78. The molecule has 0 heterocycles. The van der Waals surface area contributed by atoms with E-state index in [1.165, 1.54) is 12.5 Å². The van der Waals surface area contributed by atoms with Crippen LogP contribution in [0.15, 0.2) is 29.2 Å². The third-order valence-electron chi connectivity index (χ3n) is 4.45. The molecular formula is C15H23NO3S. The summed E-state index contributed by atoms with van der Waals surface area (Å²) in [6.07, 6.45) is 3.72. The van der Waals surface area contributed by atoms with Crippen LogP contribution in [0, 0.1) is 5.41 Å². The van der Waals surface area contributed by atoms with Crippen molar-refractivity contribution in [3.05, 3.63) is 29.8 Å². The van der Waals surface area contributed by atoms with E-state index < -0.39 is 16.1 Å². The Labute approximate surface area is 121 Å². The molecule has 20 heavy (non-hydrogen) atoms. The fraction of sp³-hybridized carbons (Fsp3) is 0.600. The zero-order chi connectivity index (χ0) is 14.8. The van der Waals surface area contributed by atoms with Crippen molar-refractivity contribution in [2.75, 3.05) is 6.54 Å². The third-order valence-corrected chi connectivity index (χ3v) is 5.85. The van der Waals surface area contributed by atoms with Crippen molar-refractivity contribution in [2.24, 2.45) is 5.41 Å². The van der Waals surface area contributed by atoms with E-state index in [0.29, 0.717) is 12.1 Å². The minimum absolute atomic E-state index is 0.148. The highest BCUT2D eigenvalue weighted by Gasteiger charge is 2.36. The zero-order valence-electron chi connectivity index (χ0n) is 12.1. The van der Waals surface area contributed by atoms with Crippen LogP contribution in [-0.4, -0.2) is 20.1 Å². The summed E-state index contributed by atoms with van der Waals surface area (Å²) in [7, 11) is -3.50. The fourth-order valence-electron chi connectivity index (χ4n) is 2.61. The quantitative estimate of drug-likeness (QED) is 0.848. The first-order valence-electron chi connectivity index (χ1n) is 7.16. The Hall–Kier alpha value is -0.910. The van der Waals surface area contributed by atoms with Crippen LogP contribution in [0.5, 0.6) is 0 Å². The molecule has 1 saturated carbocycles. The largest absolute Gasteiger partial charge is 0.389 e. The molecule has 1 fully saturated rings. The smallest absolute Gasteiger partial charge is 0.240 e. The van der Waals surface area contributed by atoms with E-state index in [1.807, 2.05) is 0 Å². The zero-order valence-corrected chi connectivity index (χ0v) is 12.9. The molecule has 1 atom stereocenters. The number of hydrogen-bond donors (Lipinski definition) is 2. The van der Waals surface area contributed by atoms with E-state index in [1.54, 1.807) is 25.1 Å². The highest BCUT2D eigenvalue weighted by atomic mass is 32.2. The summed E-state index contributed by atoms with van der Waals surface area (Å²) in [4.78, 5) is 0.224. The Bertz CT molecular complexity index is 557. The number of rotatable bonds is 6. The van der Waals surface area contributed by atoms with Gasteiger partial charge >= 0.3 is 0 Å². The monoisotopic (exact) mass is 297 g/mol. The van der Waals surface area contributed by atoms with E-state index in [-0.39, 0.29) is 10.3 Å². The highest BCUT2D eigenvalue weighted by Crippen LogP contribution is 2.43. The van der Waals surface area contributed by atoms with Crippen LogP contribution < -0.4 is 4.72 Å². The van der Waals surface area contributed by atoms with Crippen LogP contribution in [-0.2, 0) is 10.0 Å². The molecule has 0 aromatic heterocycles. The average molecular weight is 297 g/mol. The number of hydrogen-bond acceptors (Lipinski definition) is 3. The highest BCUT2D eigenvalue weighted by molar-refractivity contribution is 7.89. The number of aliphatic hydroxyl groups excluding tert-OH is 1. The van der Waals surface area contributed by atoms with E-state index in [2.05, 4.69) is 11.6 Å². The first kappa shape index (κ1) is 15.5. The molecule has 1 aromatic rings. The molecule has 1 aliphatic carbocycles. The standard InChI is InChI=1S/C15H23NO3S/c1-3-15(8-5-9-15)11-16-20(18,19)14-7-4-6-13(10-14)12(2)17/h4,6-7,10,12,16-17H,3,5,8-9,11H2,1-2H3. The van der Waals surface area contributed by atoms with Gasteiger partial charge in [0.25, 0.3) is 0 Å². The maximum atomic E-state index is 12.3. The van der Waals surface area contributed by atoms with Crippen molar-refractivity contribution < 1.29 is 13.5 Å². The van der Waals surface area contributed by atoms with Crippen molar-refractivity contribution in [3.63, 3.8) is 0 Å². The molecule has 0 radical (unpaired) electrons. The maximum Gasteiger partial charge on any atom is 0.240 e. The Kier molecular flexibility index (Phi) is 4.52. The lowest BCUT2D eigenvalue weighted by Gasteiger charge is -2.41. The molecule has 2 rings (SSSR count). The molecule has 1 aromatic carbocycles. The van der Waals surface area contributed by atoms with Crippen LogP contribution in [0.4, 0.5) is 0 Å². The lowest BCUT2D eigenvalue weighted by Crippen LogP contribution is -2.41. The number of nitrogens with one attached hydrogen (secondary N) is 1. The summed E-state index contributed by atoms with van der Waals surface area (Å²) in [5, 5.41) is 9.54. The third kappa shape index (κ3) is 3.22. The molecule has 0 spiro atoms. The van der Waals surface area contributed by atoms with E-state index in [4.69, 9.17) is 0 Å². The van der Waals surface area contributed by atoms with E-state index in [0.717, 1.165) is 19.3 Å². The van der Waals surface area contributed by atoms with Crippen molar-refractivity contribution in [1.29, 1.82) is 0 Å². The lowest BCUT2D eigenvalue weighted by atomic mass is 9.67. The summed E-state index contributed by atoms with van der Waals surface area (Å²) in [5.74, 6) is 0. The predicted octanol–water partition coefficient (Wildman–Crippen LogP) is 2.60. The molecule has 2 N–H and O–H groups in total. The van der Waals surface area contributed by atoms with Gasteiger partial charge in [-0.2, -0.15) is 0 Å². The van der Waals surface area contributed by atoms with Gasteiger partial charge in [0.05, 0.1) is 11.0 Å². The van der Waals surface area contributed by atoms with Crippen LogP contribution in [0.25, 0.3) is 0 Å². The molecule has 0 aliphatic heterocycles. The van der Waals surface area contributed by atoms with Gasteiger partial charge in [-0.25, -0.2) is 13.1 Å². The lowest BCUT2D eigenvalue weighted by molar-refractivity contribution is 0.133. The Morgan fingerprint density at radius 3 is 2.60 bits per heavy atom. The summed E-state index contributed by atoms with van der Waals surface area (Å²) in [6, 6.07) is 6.48. The van der Waals surface area contributed by atoms with Crippen molar-refractivity contribution in [2.45, 2.75) is 50.5 Å². The van der Waals surface area contributed by atoms with E-state index in [9.17, 15) is 13.5 Å². The minimum Gasteiger partial charge on any atom is -0.389 e. The Morgan fingerprint density at radius 1 is 1.40 bits per heavy atom. The molecule has 1 aliphatic rings. The van der Waals surface area contributed by atoms with Gasteiger partial charge in [0.15, 0.2) is 0 Å². The number of benzene rings is 1. The van der Waals surface area contributed by atoms with Gasteiger partial charge in [-0.05, 0) is 49.3 Å². The maximum absolute atomic E-state index is 12.3. The summed E-state index contributed by atoms with van der Waals surface area (Å²) >= 11 is 0. The van der Waals surface area contributed by atoms with Crippen LogP contribution in [0.3, 0.4) is 0 Å². The van der Waals surface area contributed by atoms with Crippen molar-refractivity contribution in [3.8, 4) is 0 Å². The van der Waals surface area contributed by atoms with Gasteiger partial charge in [-0.3, -0.25) is 0 Å². The van der Waals surface area contributed by atoms with Crippen LogP contribution in [0.2, 0.25) is 0 Å². The fourth-order valence-corrected chi connectivity index (χ4v) is 3.82. The first-order valence-corrected chi connectivity index (χ1v) is 8.65. The van der Waals surface area contributed by atoms with Gasteiger partial charge in [0.2, 0.25) is 10.0 Å². The molecule has 4 nitrogen and oxygen atoms in total. The Balaban J connectivity index is 2.12. The summed E-state index contributed by atoms with van der Waals surface area (Å²) < 4.78 is 27.4. The van der Waals surface area contributed by atoms with Gasteiger partial charge in [-0.1, -0.05) is 25.5 Å². The molecule has 0 amide bonds. The van der Waals surface area contributed by atoms with E-state index >= 15 is 0 Å². The molecule has 1 unspecified atom stereocenters. The molecule has 5 heteroatoms. The normalized spacial score (nSPS) is 19.4. The van der Waals surface area contributed by atoms with Crippen molar-refractivity contribution in [1.82, 2.24) is 4.72 Å².